The molecule has 1 amide bonds. The van der Waals surface area contributed by atoms with E-state index in [9.17, 15) is 4.79 Å². The molecule has 2 unspecified atom stereocenters. The number of aryl methyl sites for hydroxylation is 1. The summed E-state index contributed by atoms with van der Waals surface area (Å²) in [4.78, 5) is 14.3. The van der Waals surface area contributed by atoms with Crippen LogP contribution in [0.2, 0.25) is 0 Å². The number of carbonyl (C=O) groups excluding carboxylic acids is 1. The van der Waals surface area contributed by atoms with Crippen molar-refractivity contribution < 1.29 is 4.79 Å². The van der Waals surface area contributed by atoms with Crippen molar-refractivity contribution in [3.05, 3.63) is 35.4 Å². The van der Waals surface area contributed by atoms with E-state index in [1.165, 1.54) is 23.3 Å². The summed E-state index contributed by atoms with van der Waals surface area (Å²) >= 11 is 1.87. The summed E-state index contributed by atoms with van der Waals surface area (Å²) < 4.78 is 0. The molecular formula is C16H24N2OS. The van der Waals surface area contributed by atoms with E-state index in [4.69, 9.17) is 0 Å². The average Bonchev–Trinajstić information content (AvgIpc) is 2.72. The molecule has 1 aliphatic rings. The van der Waals surface area contributed by atoms with E-state index in [0.29, 0.717) is 0 Å². The van der Waals surface area contributed by atoms with E-state index in [2.05, 4.69) is 30.6 Å². The standard InChI is InChI=1S/C16H24N2OS/c1-12-8-4-5-9-14(12)15-17-13(2)16(19)18(15)10-6-7-11-20-3/h4-5,8-9,13,15,17H,6-7,10-11H2,1-3H3. The summed E-state index contributed by atoms with van der Waals surface area (Å²) in [5, 5.41) is 3.42. The van der Waals surface area contributed by atoms with Gasteiger partial charge in [-0.2, -0.15) is 11.8 Å². The van der Waals surface area contributed by atoms with Crippen LogP contribution in [0.1, 0.15) is 37.1 Å². The van der Waals surface area contributed by atoms with Crippen LogP contribution in [0.4, 0.5) is 0 Å². The van der Waals surface area contributed by atoms with Crippen LogP contribution in [0.25, 0.3) is 0 Å². The molecule has 0 aliphatic carbocycles. The third kappa shape index (κ3) is 3.36. The molecule has 3 nitrogen and oxygen atoms in total. The van der Waals surface area contributed by atoms with Gasteiger partial charge in [-0.25, -0.2) is 0 Å². The summed E-state index contributed by atoms with van der Waals surface area (Å²) in [5.41, 5.74) is 2.45. The lowest BCUT2D eigenvalue weighted by molar-refractivity contribution is -0.129. The quantitative estimate of drug-likeness (QED) is 0.818. The van der Waals surface area contributed by atoms with E-state index >= 15 is 0 Å². The number of hydrogen-bond acceptors (Lipinski definition) is 3. The summed E-state index contributed by atoms with van der Waals surface area (Å²) in [6, 6.07) is 8.23. The Bertz CT molecular complexity index is 464. The zero-order valence-electron chi connectivity index (χ0n) is 12.6. The maximum atomic E-state index is 12.3. The number of rotatable bonds is 6. The van der Waals surface area contributed by atoms with Crippen molar-refractivity contribution in [3.8, 4) is 0 Å². The summed E-state index contributed by atoms with van der Waals surface area (Å²) in [6.45, 7) is 4.90. The SMILES string of the molecule is CSCCCCN1C(=O)C(C)NC1c1ccccc1C. The van der Waals surface area contributed by atoms with Gasteiger partial charge in [-0.15, -0.1) is 0 Å². The Morgan fingerprint density at radius 2 is 2.05 bits per heavy atom. The molecule has 110 valence electrons. The zero-order valence-corrected chi connectivity index (χ0v) is 13.4. The predicted octanol–water partition coefficient (Wildman–Crippen LogP) is 2.96. The van der Waals surface area contributed by atoms with Crippen molar-refractivity contribution in [3.63, 3.8) is 0 Å². The minimum atomic E-state index is -0.0832. The molecule has 1 aliphatic heterocycles. The first kappa shape index (κ1) is 15.4. The molecule has 1 heterocycles. The van der Waals surface area contributed by atoms with E-state index in [1.54, 1.807) is 0 Å². The molecule has 1 N–H and O–H groups in total. The number of hydrogen-bond donors (Lipinski definition) is 1. The molecule has 1 aromatic rings. The first-order chi connectivity index (χ1) is 9.65. The number of benzene rings is 1. The van der Waals surface area contributed by atoms with Gasteiger partial charge in [0.05, 0.1) is 6.04 Å². The zero-order chi connectivity index (χ0) is 14.5. The molecule has 0 radical (unpaired) electrons. The fourth-order valence-electron chi connectivity index (χ4n) is 2.69. The monoisotopic (exact) mass is 292 g/mol. The number of nitrogens with one attached hydrogen (secondary N) is 1. The molecule has 0 saturated carbocycles. The maximum Gasteiger partial charge on any atom is 0.241 e. The van der Waals surface area contributed by atoms with Crippen molar-refractivity contribution in [2.45, 2.75) is 38.9 Å². The molecule has 0 spiro atoms. The molecular weight excluding hydrogens is 268 g/mol. The summed E-state index contributed by atoms with van der Waals surface area (Å²) in [7, 11) is 0. The van der Waals surface area contributed by atoms with Crippen molar-refractivity contribution in [2.24, 2.45) is 0 Å². The Kier molecular flexibility index (Phi) is 5.49. The van der Waals surface area contributed by atoms with Gasteiger partial charge in [0, 0.05) is 6.54 Å². The fraction of sp³-hybridized carbons (Fsp3) is 0.562. The Morgan fingerprint density at radius 1 is 1.30 bits per heavy atom. The third-order valence-corrected chi connectivity index (χ3v) is 4.55. The molecule has 2 rings (SSSR count). The largest absolute Gasteiger partial charge is 0.322 e. The van der Waals surface area contributed by atoms with Crippen molar-refractivity contribution in [1.82, 2.24) is 10.2 Å². The molecule has 4 heteroatoms. The first-order valence-electron chi connectivity index (χ1n) is 7.26. The van der Waals surface area contributed by atoms with Crippen molar-refractivity contribution in [1.29, 1.82) is 0 Å². The van der Waals surface area contributed by atoms with Crippen LogP contribution in [0.15, 0.2) is 24.3 Å². The molecule has 0 bridgehead atoms. The van der Waals surface area contributed by atoms with Crippen LogP contribution < -0.4 is 5.32 Å². The highest BCUT2D eigenvalue weighted by atomic mass is 32.2. The topological polar surface area (TPSA) is 32.3 Å². The number of amides is 1. The van der Waals surface area contributed by atoms with Crippen LogP contribution in [0, 0.1) is 6.92 Å². The maximum absolute atomic E-state index is 12.3. The lowest BCUT2D eigenvalue weighted by Crippen LogP contribution is -2.32. The summed E-state index contributed by atoms with van der Waals surface area (Å²) in [6.07, 6.45) is 4.40. The highest BCUT2D eigenvalue weighted by Crippen LogP contribution is 2.27. The van der Waals surface area contributed by atoms with Crippen molar-refractivity contribution >= 4 is 17.7 Å². The van der Waals surface area contributed by atoms with Crippen LogP contribution >= 0.6 is 11.8 Å². The molecule has 0 aromatic heterocycles. The van der Waals surface area contributed by atoms with Gasteiger partial charge in [0.2, 0.25) is 5.91 Å². The number of nitrogens with zero attached hydrogens (tertiary/aromatic N) is 1. The Morgan fingerprint density at radius 3 is 2.75 bits per heavy atom. The Balaban J connectivity index is 2.10. The minimum Gasteiger partial charge on any atom is -0.322 e. The van der Waals surface area contributed by atoms with E-state index in [0.717, 1.165) is 13.0 Å². The number of thioether (sulfide) groups is 1. The van der Waals surface area contributed by atoms with Gasteiger partial charge >= 0.3 is 0 Å². The van der Waals surface area contributed by atoms with Gasteiger partial charge < -0.3 is 4.90 Å². The predicted molar refractivity (Wildman–Crippen MR) is 85.8 cm³/mol. The van der Waals surface area contributed by atoms with Gasteiger partial charge in [0.15, 0.2) is 0 Å². The second kappa shape index (κ2) is 7.14. The van der Waals surface area contributed by atoms with E-state index in [1.807, 2.05) is 35.7 Å². The smallest absolute Gasteiger partial charge is 0.241 e. The first-order valence-corrected chi connectivity index (χ1v) is 8.65. The number of unbranched alkanes of at least 4 members (excludes halogenated alkanes) is 1. The molecule has 1 saturated heterocycles. The minimum absolute atomic E-state index is 0.0352. The van der Waals surface area contributed by atoms with Gasteiger partial charge in [0.25, 0.3) is 0 Å². The van der Waals surface area contributed by atoms with Crippen molar-refractivity contribution in [2.75, 3.05) is 18.6 Å². The van der Waals surface area contributed by atoms with Gasteiger partial charge in [-0.3, -0.25) is 10.1 Å². The average molecular weight is 292 g/mol. The second-order valence-electron chi connectivity index (χ2n) is 5.38. The van der Waals surface area contributed by atoms with Gasteiger partial charge in [0.1, 0.15) is 6.17 Å². The van der Waals surface area contributed by atoms with Gasteiger partial charge in [-0.1, -0.05) is 24.3 Å². The van der Waals surface area contributed by atoms with Crippen LogP contribution in [0.5, 0.6) is 0 Å². The van der Waals surface area contributed by atoms with Crippen LogP contribution in [-0.4, -0.2) is 35.4 Å². The lowest BCUT2D eigenvalue weighted by atomic mass is 10.1. The number of carbonyl (C=O) groups is 1. The Labute approximate surface area is 126 Å². The highest BCUT2D eigenvalue weighted by molar-refractivity contribution is 7.98. The highest BCUT2D eigenvalue weighted by Gasteiger charge is 2.36. The molecule has 1 aromatic carbocycles. The third-order valence-electron chi connectivity index (χ3n) is 3.85. The van der Waals surface area contributed by atoms with Crippen LogP contribution in [-0.2, 0) is 4.79 Å². The van der Waals surface area contributed by atoms with Crippen LogP contribution in [0.3, 0.4) is 0 Å². The summed E-state index contributed by atoms with van der Waals surface area (Å²) in [5.74, 6) is 1.39. The lowest BCUT2D eigenvalue weighted by Gasteiger charge is -2.25. The molecule has 1 fully saturated rings. The normalized spacial score (nSPS) is 22.6. The molecule has 2 atom stereocenters. The fourth-order valence-corrected chi connectivity index (χ4v) is 3.19. The molecule has 20 heavy (non-hydrogen) atoms. The van der Waals surface area contributed by atoms with E-state index < -0.39 is 0 Å². The Hall–Kier alpha value is -1.00. The van der Waals surface area contributed by atoms with Gasteiger partial charge in [-0.05, 0) is 49.8 Å². The van der Waals surface area contributed by atoms with E-state index in [-0.39, 0.29) is 18.1 Å². The second-order valence-corrected chi connectivity index (χ2v) is 6.36.